The number of hydrogen-bond donors (Lipinski definition) is 1. The molecule has 0 aromatic heterocycles. The van der Waals surface area contributed by atoms with Crippen LogP contribution < -0.4 is 13.9 Å². The number of anilines is 3. The molecule has 2 aromatic rings. The molecule has 0 spiro atoms. The minimum atomic E-state index is -4.01. The first-order valence-corrected chi connectivity index (χ1v) is 10.2. The van der Waals surface area contributed by atoms with Gasteiger partial charge >= 0.3 is 10.2 Å². The number of halogens is 4. The molecule has 6 nitrogen and oxygen atoms in total. The Balaban J connectivity index is 0.00000150. The van der Waals surface area contributed by atoms with Crippen molar-refractivity contribution in [1.82, 2.24) is 10.2 Å². The van der Waals surface area contributed by atoms with Gasteiger partial charge in [-0.05, 0) is 24.3 Å². The van der Waals surface area contributed by atoms with Crippen molar-refractivity contribution in [2.45, 2.75) is 0 Å². The third-order valence-electron chi connectivity index (χ3n) is 4.84. The normalized spacial score (nSPS) is 18.0. The van der Waals surface area contributed by atoms with Crippen molar-refractivity contribution in [3.8, 4) is 0 Å². The van der Waals surface area contributed by atoms with Crippen LogP contribution in [-0.4, -0.2) is 52.6 Å². The van der Waals surface area contributed by atoms with E-state index in [9.17, 15) is 17.2 Å². The monoisotopic (exact) mass is 466 g/mol. The number of hydrogen-bond acceptors (Lipinski definition) is 4. The van der Waals surface area contributed by atoms with Crippen molar-refractivity contribution >= 4 is 52.1 Å². The number of nitrogens with one attached hydrogen (secondary N) is 1. The van der Waals surface area contributed by atoms with Gasteiger partial charge in [-0.1, -0.05) is 12.1 Å². The fraction of sp³-hybridized carbons (Fsp3) is 0.333. The van der Waals surface area contributed by atoms with Gasteiger partial charge in [-0.3, -0.25) is 4.90 Å². The second kappa shape index (κ2) is 9.44. The van der Waals surface area contributed by atoms with Gasteiger partial charge < -0.3 is 5.32 Å². The molecule has 29 heavy (non-hydrogen) atoms. The predicted octanol–water partition coefficient (Wildman–Crippen LogP) is 2.92. The van der Waals surface area contributed by atoms with Gasteiger partial charge in [0.1, 0.15) is 5.82 Å². The number of rotatable bonds is 4. The topological polar surface area (TPSA) is 55.9 Å². The van der Waals surface area contributed by atoms with Gasteiger partial charge in [-0.25, -0.2) is 17.4 Å². The Hall–Kier alpha value is -1.65. The van der Waals surface area contributed by atoms with E-state index in [1.54, 1.807) is 24.3 Å². The van der Waals surface area contributed by atoms with E-state index < -0.39 is 21.8 Å². The highest BCUT2D eigenvalue weighted by Gasteiger charge is 2.42. The molecular weight excluding hydrogens is 445 g/mol. The summed E-state index contributed by atoms with van der Waals surface area (Å²) in [7, 11) is -4.01. The van der Waals surface area contributed by atoms with Crippen molar-refractivity contribution in [3.63, 3.8) is 0 Å². The molecule has 0 unspecified atom stereocenters. The molecule has 2 aromatic carbocycles. The number of piperazine rings is 1. The van der Waals surface area contributed by atoms with E-state index >= 15 is 0 Å². The van der Waals surface area contributed by atoms with E-state index in [-0.39, 0.29) is 37.0 Å². The summed E-state index contributed by atoms with van der Waals surface area (Å²) in [5, 5.41) is 3.26. The van der Waals surface area contributed by atoms with Crippen LogP contribution in [0, 0.1) is 11.6 Å². The van der Waals surface area contributed by atoms with Crippen LogP contribution in [0.25, 0.3) is 0 Å². The summed E-state index contributed by atoms with van der Waals surface area (Å²) in [6.45, 7) is 4.29. The first-order valence-electron chi connectivity index (χ1n) is 8.78. The van der Waals surface area contributed by atoms with E-state index in [4.69, 9.17) is 0 Å². The first kappa shape index (κ1) is 23.6. The van der Waals surface area contributed by atoms with Crippen molar-refractivity contribution in [1.29, 1.82) is 0 Å². The highest BCUT2D eigenvalue weighted by Crippen LogP contribution is 2.45. The second-order valence-corrected chi connectivity index (χ2v) is 8.22. The molecule has 0 aliphatic carbocycles. The lowest BCUT2D eigenvalue weighted by atomic mass is 10.2. The largest absolute Gasteiger partial charge is 0.331 e. The van der Waals surface area contributed by atoms with Crippen LogP contribution in [0.2, 0.25) is 0 Å². The Labute approximate surface area is 181 Å². The van der Waals surface area contributed by atoms with E-state index in [1.807, 2.05) is 0 Å². The zero-order chi connectivity index (χ0) is 19.0. The molecule has 1 saturated heterocycles. The zero-order valence-electron chi connectivity index (χ0n) is 15.4. The molecule has 2 heterocycles. The van der Waals surface area contributed by atoms with Gasteiger partial charge in [-0.2, -0.15) is 8.42 Å². The van der Waals surface area contributed by atoms with Crippen LogP contribution in [0.3, 0.4) is 0 Å². The van der Waals surface area contributed by atoms with Crippen LogP contribution >= 0.6 is 24.8 Å². The summed E-state index contributed by atoms with van der Waals surface area (Å²) < 4.78 is 56.4. The summed E-state index contributed by atoms with van der Waals surface area (Å²) in [6, 6.07) is 9.67. The lowest BCUT2D eigenvalue weighted by Gasteiger charge is -2.29. The molecule has 0 radical (unpaired) electrons. The lowest BCUT2D eigenvalue weighted by Crippen LogP contribution is -2.47. The van der Waals surface area contributed by atoms with E-state index in [1.165, 1.54) is 4.31 Å². The molecule has 2 aliphatic rings. The maximum Gasteiger partial charge on any atom is 0.331 e. The molecule has 4 rings (SSSR count). The van der Waals surface area contributed by atoms with E-state index in [2.05, 4.69) is 10.2 Å². The van der Waals surface area contributed by atoms with Gasteiger partial charge in [-0.15, -0.1) is 24.8 Å². The van der Waals surface area contributed by atoms with Crippen molar-refractivity contribution in [2.24, 2.45) is 0 Å². The quantitative estimate of drug-likeness (QED) is 0.752. The molecule has 0 atom stereocenters. The van der Waals surface area contributed by atoms with Crippen LogP contribution in [0.5, 0.6) is 0 Å². The molecule has 11 heteroatoms. The van der Waals surface area contributed by atoms with E-state index in [0.717, 1.165) is 42.6 Å². The third-order valence-corrected chi connectivity index (χ3v) is 6.63. The first-order chi connectivity index (χ1) is 13.0. The van der Waals surface area contributed by atoms with Crippen molar-refractivity contribution in [3.05, 3.63) is 54.1 Å². The number of para-hydroxylation sites is 2. The standard InChI is InChI=1S/C18H20F2N4O2S.2ClH/c19-14-5-6-16(15(20)13-14)24-18-4-2-1-3-17(18)23(27(24,25)26)12-11-22-9-7-21-8-10-22;;/h1-6,13,21H,7-12H2;2*1H. The highest BCUT2D eigenvalue weighted by molar-refractivity contribution is 7.95. The summed E-state index contributed by atoms with van der Waals surface area (Å²) in [5.41, 5.74) is 0.674. The van der Waals surface area contributed by atoms with Crippen molar-refractivity contribution in [2.75, 3.05) is 47.9 Å². The SMILES string of the molecule is Cl.Cl.O=S1(=O)N(CCN2CCNCC2)c2ccccc2N1c1ccc(F)cc1F. The molecule has 0 saturated carbocycles. The van der Waals surface area contributed by atoms with Gasteiger partial charge in [0.15, 0.2) is 5.82 Å². The Morgan fingerprint density at radius 1 is 0.897 bits per heavy atom. The predicted molar refractivity (Wildman–Crippen MR) is 115 cm³/mol. The zero-order valence-corrected chi connectivity index (χ0v) is 17.9. The number of benzene rings is 2. The summed E-state index contributed by atoms with van der Waals surface area (Å²) >= 11 is 0. The van der Waals surface area contributed by atoms with Gasteiger partial charge in [0.25, 0.3) is 0 Å². The summed E-state index contributed by atoms with van der Waals surface area (Å²) in [6.07, 6.45) is 0. The average molecular weight is 467 g/mol. The average Bonchev–Trinajstić information content (AvgIpc) is 2.87. The van der Waals surface area contributed by atoms with E-state index in [0.29, 0.717) is 24.0 Å². The summed E-state index contributed by atoms with van der Waals surface area (Å²) in [5.74, 6) is -1.67. The minimum Gasteiger partial charge on any atom is -0.314 e. The molecule has 1 fully saturated rings. The van der Waals surface area contributed by atoms with Crippen LogP contribution in [0.4, 0.5) is 25.8 Å². The molecule has 0 bridgehead atoms. The van der Waals surface area contributed by atoms with Gasteiger partial charge in [0, 0.05) is 45.3 Å². The smallest absolute Gasteiger partial charge is 0.314 e. The van der Waals surface area contributed by atoms with Crippen LogP contribution in [0.1, 0.15) is 0 Å². The molecular formula is C18H22Cl2F2N4O2S. The maximum absolute atomic E-state index is 14.4. The molecule has 160 valence electrons. The third kappa shape index (κ3) is 4.44. The second-order valence-electron chi connectivity index (χ2n) is 6.52. The highest BCUT2D eigenvalue weighted by atomic mass is 35.5. The molecule has 1 N–H and O–H groups in total. The Morgan fingerprint density at radius 2 is 1.55 bits per heavy atom. The van der Waals surface area contributed by atoms with Crippen molar-refractivity contribution < 1.29 is 17.2 Å². The fourth-order valence-electron chi connectivity index (χ4n) is 3.50. The van der Waals surface area contributed by atoms with Gasteiger partial charge in [0.2, 0.25) is 0 Å². The minimum absolute atomic E-state index is 0. The Bertz CT molecular complexity index is 959. The maximum atomic E-state index is 14.4. The summed E-state index contributed by atoms with van der Waals surface area (Å²) in [4.78, 5) is 2.19. The van der Waals surface area contributed by atoms with Crippen LogP contribution in [0.15, 0.2) is 42.5 Å². The molecule has 2 aliphatic heterocycles. The number of fused-ring (bicyclic) bond motifs is 1. The lowest BCUT2D eigenvalue weighted by molar-refractivity contribution is 0.248. The molecule has 0 amide bonds. The fourth-order valence-corrected chi connectivity index (χ4v) is 5.21. The van der Waals surface area contributed by atoms with Gasteiger partial charge in [0.05, 0.1) is 17.1 Å². The number of nitrogens with zero attached hydrogens (tertiary/aromatic N) is 3. The van der Waals surface area contributed by atoms with Crippen LogP contribution in [-0.2, 0) is 10.2 Å². The Kier molecular flexibility index (Phi) is 7.69. The Morgan fingerprint density at radius 3 is 2.21 bits per heavy atom.